The van der Waals surface area contributed by atoms with Crippen molar-refractivity contribution in [1.82, 2.24) is 24.7 Å². The predicted octanol–water partition coefficient (Wildman–Crippen LogP) is 4.58. The minimum atomic E-state index is -1.46. The van der Waals surface area contributed by atoms with Crippen LogP contribution in [0.2, 0.25) is 0 Å². The normalized spacial score (nSPS) is 25.5. The lowest BCUT2D eigenvalue weighted by atomic mass is 9.92. The third kappa shape index (κ3) is 3.88. The average Bonchev–Trinajstić information content (AvgIpc) is 3.27. The first kappa shape index (κ1) is 23.2. The van der Waals surface area contributed by atoms with Gasteiger partial charge in [-0.25, -0.2) is 32.2 Å². The molecule has 1 saturated carbocycles. The van der Waals surface area contributed by atoms with E-state index in [0.717, 1.165) is 31.7 Å². The summed E-state index contributed by atoms with van der Waals surface area (Å²) in [7, 11) is 0. The molecular formula is C25H27F4N7. The summed E-state index contributed by atoms with van der Waals surface area (Å²) >= 11 is 0. The van der Waals surface area contributed by atoms with Crippen molar-refractivity contribution in [3.05, 3.63) is 58.8 Å². The third-order valence-electron chi connectivity index (χ3n) is 7.94. The van der Waals surface area contributed by atoms with Crippen LogP contribution in [-0.4, -0.2) is 43.9 Å². The topological polar surface area (TPSA) is 71.8 Å². The van der Waals surface area contributed by atoms with Gasteiger partial charge in [0.25, 0.3) is 0 Å². The van der Waals surface area contributed by atoms with E-state index in [4.69, 9.17) is 4.98 Å². The molecular weight excluding hydrogens is 474 g/mol. The van der Waals surface area contributed by atoms with Crippen LogP contribution < -0.4 is 10.2 Å². The zero-order valence-electron chi connectivity index (χ0n) is 19.9. The SMILES string of the molecule is Cc1ncnc(N2C[C@H]3CC[C@@H](C2)[C@@H]3Nc2nc3n(n2)CCCCC3c2ccc(F)c(F)c2F)c1F. The monoisotopic (exact) mass is 501 g/mol. The first-order valence-corrected chi connectivity index (χ1v) is 12.5. The molecule has 3 aliphatic rings. The lowest BCUT2D eigenvalue weighted by Gasteiger charge is -2.38. The largest absolute Gasteiger partial charge is 0.353 e. The Morgan fingerprint density at radius 3 is 2.47 bits per heavy atom. The quantitative estimate of drug-likeness (QED) is 0.417. The summed E-state index contributed by atoms with van der Waals surface area (Å²) in [5, 5.41) is 8.16. The Morgan fingerprint density at radius 2 is 1.69 bits per heavy atom. The smallest absolute Gasteiger partial charge is 0.242 e. The summed E-state index contributed by atoms with van der Waals surface area (Å²) in [5.41, 5.74) is 0.440. The molecule has 7 nitrogen and oxygen atoms in total. The molecule has 3 aromatic rings. The Bertz CT molecular complexity index is 1280. The van der Waals surface area contributed by atoms with Crippen LogP contribution in [0.4, 0.5) is 29.3 Å². The first-order chi connectivity index (χ1) is 17.4. The van der Waals surface area contributed by atoms with E-state index in [1.165, 1.54) is 12.4 Å². The van der Waals surface area contributed by atoms with Crippen LogP contribution >= 0.6 is 0 Å². The summed E-state index contributed by atoms with van der Waals surface area (Å²) in [6, 6.07) is 2.39. The van der Waals surface area contributed by atoms with E-state index < -0.39 is 23.4 Å². The van der Waals surface area contributed by atoms with Crippen molar-refractivity contribution in [2.24, 2.45) is 11.8 Å². The minimum absolute atomic E-state index is 0.103. The summed E-state index contributed by atoms with van der Waals surface area (Å²) < 4.78 is 58.6. The van der Waals surface area contributed by atoms with Crippen LogP contribution in [0.25, 0.3) is 0 Å². The van der Waals surface area contributed by atoms with Gasteiger partial charge in [-0.05, 0) is 50.5 Å². The van der Waals surface area contributed by atoms with Gasteiger partial charge < -0.3 is 10.2 Å². The summed E-state index contributed by atoms with van der Waals surface area (Å²) in [6.45, 7) is 3.59. The van der Waals surface area contributed by atoms with Crippen LogP contribution in [0.15, 0.2) is 18.5 Å². The van der Waals surface area contributed by atoms with Gasteiger partial charge in [-0.3, -0.25) is 0 Å². The van der Waals surface area contributed by atoms with Crippen LogP contribution in [-0.2, 0) is 6.54 Å². The number of nitrogens with one attached hydrogen (secondary N) is 1. The number of fused-ring (bicyclic) bond motifs is 3. The Kier molecular flexibility index (Phi) is 5.80. The molecule has 6 rings (SSSR count). The van der Waals surface area contributed by atoms with Crippen molar-refractivity contribution in [2.75, 3.05) is 23.3 Å². The zero-order chi connectivity index (χ0) is 25.0. The highest BCUT2D eigenvalue weighted by atomic mass is 19.2. The van der Waals surface area contributed by atoms with Crippen LogP contribution in [0, 0.1) is 42.0 Å². The zero-order valence-corrected chi connectivity index (χ0v) is 19.9. The number of hydrogen-bond donors (Lipinski definition) is 1. The Balaban J connectivity index is 1.24. The fraction of sp³-hybridized carbons (Fsp3) is 0.520. The van der Waals surface area contributed by atoms with E-state index in [9.17, 15) is 17.6 Å². The number of halogens is 4. The number of rotatable bonds is 4. The van der Waals surface area contributed by atoms with E-state index >= 15 is 0 Å². The molecule has 2 aromatic heterocycles. The average molecular weight is 502 g/mol. The number of anilines is 2. The van der Waals surface area contributed by atoms with E-state index in [0.29, 0.717) is 49.3 Å². The lowest BCUT2D eigenvalue weighted by Crippen LogP contribution is -2.48. The standard InChI is InChI=1S/C25H27F4N7/c1-13-19(27)24(31-12-30-13)35-10-14-5-6-15(11-35)22(14)32-25-33-23-17(4-2-3-9-36(23)34-25)16-7-8-18(26)21(29)20(16)28/h7-8,12,14-15,17,22H,2-6,9-11H2,1H3,(H,32,34)/t14-,15+,17?,22-. The third-order valence-corrected chi connectivity index (χ3v) is 7.94. The highest BCUT2D eigenvalue weighted by Crippen LogP contribution is 2.41. The molecule has 0 radical (unpaired) electrons. The minimum Gasteiger partial charge on any atom is -0.353 e. The Hall–Kier alpha value is -3.24. The molecule has 1 aromatic carbocycles. The second kappa shape index (κ2) is 9.01. The van der Waals surface area contributed by atoms with Gasteiger partial charge in [-0.15, -0.1) is 5.10 Å². The molecule has 1 aliphatic carbocycles. The number of hydrogen-bond acceptors (Lipinski definition) is 6. The number of aromatic nitrogens is 5. The number of piperidine rings is 1. The summed E-state index contributed by atoms with van der Waals surface area (Å²) in [4.78, 5) is 14.8. The van der Waals surface area contributed by atoms with Gasteiger partial charge in [0, 0.05) is 37.2 Å². The molecule has 0 spiro atoms. The molecule has 2 aliphatic heterocycles. The maximum absolute atomic E-state index is 14.7. The second-order valence-electron chi connectivity index (χ2n) is 10.1. The van der Waals surface area contributed by atoms with Crippen LogP contribution in [0.5, 0.6) is 0 Å². The molecule has 11 heteroatoms. The van der Waals surface area contributed by atoms with Gasteiger partial charge in [-0.1, -0.05) is 12.5 Å². The molecule has 1 N–H and O–H groups in total. The van der Waals surface area contributed by atoms with E-state index in [1.54, 1.807) is 11.6 Å². The Labute approximate surface area is 206 Å². The molecule has 1 saturated heterocycles. The highest BCUT2D eigenvalue weighted by molar-refractivity contribution is 5.43. The summed E-state index contributed by atoms with van der Waals surface area (Å²) in [6.07, 6.45) is 5.62. The van der Waals surface area contributed by atoms with Crippen molar-refractivity contribution in [1.29, 1.82) is 0 Å². The van der Waals surface area contributed by atoms with E-state index in [-0.39, 0.29) is 29.3 Å². The number of aryl methyl sites for hydroxylation is 2. The second-order valence-corrected chi connectivity index (χ2v) is 10.1. The van der Waals surface area contributed by atoms with Gasteiger partial charge in [0.1, 0.15) is 12.2 Å². The van der Waals surface area contributed by atoms with Gasteiger partial charge in [0.2, 0.25) is 5.95 Å². The maximum atomic E-state index is 14.7. The number of nitrogens with zero attached hydrogens (tertiary/aromatic N) is 6. The predicted molar refractivity (Wildman–Crippen MR) is 125 cm³/mol. The molecule has 36 heavy (non-hydrogen) atoms. The number of benzene rings is 1. The van der Waals surface area contributed by atoms with Gasteiger partial charge >= 0.3 is 0 Å². The molecule has 2 fully saturated rings. The maximum Gasteiger partial charge on any atom is 0.242 e. The molecule has 0 amide bonds. The van der Waals surface area contributed by atoms with Crippen LogP contribution in [0.3, 0.4) is 0 Å². The lowest BCUT2D eigenvalue weighted by molar-refractivity contribution is 0.371. The van der Waals surface area contributed by atoms with Gasteiger partial charge in [0.15, 0.2) is 29.1 Å². The highest BCUT2D eigenvalue weighted by Gasteiger charge is 2.43. The fourth-order valence-electron chi connectivity index (χ4n) is 6.13. The molecule has 2 bridgehead atoms. The molecule has 190 valence electrons. The first-order valence-electron chi connectivity index (χ1n) is 12.5. The van der Waals surface area contributed by atoms with Crippen molar-refractivity contribution in [3.8, 4) is 0 Å². The van der Waals surface area contributed by atoms with Gasteiger partial charge in [-0.2, -0.15) is 4.98 Å². The van der Waals surface area contributed by atoms with Gasteiger partial charge in [0.05, 0.1) is 5.69 Å². The van der Waals surface area contributed by atoms with Crippen LogP contribution in [0.1, 0.15) is 55.1 Å². The van der Waals surface area contributed by atoms with Crippen molar-refractivity contribution in [3.63, 3.8) is 0 Å². The summed E-state index contributed by atoms with van der Waals surface area (Å²) in [5.74, 6) is -2.81. The molecule has 4 atom stereocenters. The molecule has 1 unspecified atom stereocenters. The van der Waals surface area contributed by atoms with E-state index in [2.05, 4.69) is 20.4 Å². The fourth-order valence-corrected chi connectivity index (χ4v) is 6.13. The van der Waals surface area contributed by atoms with Crippen molar-refractivity contribution >= 4 is 11.8 Å². The Morgan fingerprint density at radius 1 is 0.917 bits per heavy atom. The van der Waals surface area contributed by atoms with Crippen molar-refractivity contribution in [2.45, 2.75) is 57.5 Å². The van der Waals surface area contributed by atoms with Crippen molar-refractivity contribution < 1.29 is 17.6 Å². The molecule has 4 heterocycles. The van der Waals surface area contributed by atoms with E-state index in [1.807, 2.05) is 4.90 Å².